The predicted octanol–water partition coefficient (Wildman–Crippen LogP) is 2.37. The maximum atomic E-state index is 11.6. The van der Waals surface area contributed by atoms with E-state index in [0.29, 0.717) is 6.54 Å². The van der Waals surface area contributed by atoms with E-state index in [9.17, 15) is 4.79 Å². The summed E-state index contributed by atoms with van der Waals surface area (Å²) in [5.74, 6) is 0.0750. The van der Waals surface area contributed by atoms with Gasteiger partial charge in [0.25, 0.3) is 0 Å². The molecule has 3 nitrogen and oxygen atoms in total. The van der Waals surface area contributed by atoms with Gasteiger partial charge in [-0.25, -0.2) is 0 Å². The summed E-state index contributed by atoms with van der Waals surface area (Å²) in [5, 5.41) is 2.91. The van der Waals surface area contributed by atoms with Crippen molar-refractivity contribution < 1.29 is 9.53 Å². The Morgan fingerprint density at radius 1 is 1.41 bits per heavy atom. The van der Waals surface area contributed by atoms with Gasteiger partial charge in [0.05, 0.1) is 0 Å². The summed E-state index contributed by atoms with van der Waals surface area (Å²) < 4.78 is 5.06. The lowest BCUT2D eigenvalue weighted by Crippen LogP contribution is -2.35. The average molecular weight is 234 g/mol. The number of rotatable bonds is 4. The van der Waals surface area contributed by atoms with Gasteiger partial charge in [-0.2, -0.15) is 0 Å². The molecule has 3 heteroatoms. The second-order valence-corrected chi connectivity index (χ2v) is 5.01. The average Bonchev–Trinajstić information content (AvgIpc) is 2.28. The number of hydrogen-bond donors (Lipinski definition) is 1. The minimum Gasteiger partial charge on any atom is -0.366 e. The first-order valence-corrected chi connectivity index (χ1v) is 5.76. The van der Waals surface area contributed by atoms with Crippen molar-refractivity contribution >= 4 is 5.91 Å². The molecule has 0 aromatic heterocycles. The van der Waals surface area contributed by atoms with Crippen LogP contribution in [-0.4, -0.2) is 19.6 Å². The van der Waals surface area contributed by atoms with Crippen LogP contribution in [0.4, 0.5) is 0 Å². The molecule has 0 unspecified atom stereocenters. The second-order valence-electron chi connectivity index (χ2n) is 5.01. The summed E-state index contributed by atoms with van der Waals surface area (Å²) >= 11 is 0. The summed E-state index contributed by atoms with van der Waals surface area (Å²) in [5.41, 5.74) is 3.86. The highest BCUT2D eigenvalue weighted by molar-refractivity contribution is 5.81. The van der Waals surface area contributed by atoms with Crippen LogP contribution in [0.1, 0.15) is 27.2 Å². The van der Waals surface area contributed by atoms with Crippen molar-refractivity contribution in [2.75, 3.05) is 13.7 Å². The molecule has 0 spiro atoms. The molecule has 93 valence electrons. The smallest absolute Gasteiger partial charge is 0.225 e. The van der Waals surface area contributed by atoms with Crippen molar-refractivity contribution in [3.63, 3.8) is 0 Å². The highest BCUT2D eigenvalue weighted by Crippen LogP contribution is 2.15. The monoisotopic (exact) mass is 234 g/mol. The van der Waals surface area contributed by atoms with Gasteiger partial charge in [0.15, 0.2) is 0 Å². The van der Waals surface area contributed by atoms with Crippen molar-refractivity contribution in [1.82, 2.24) is 5.32 Å². The molecule has 1 amide bonds. The van der Waals surface area contributed by atoms with Gasteiger partial charge in [0.2, 0.25) is 5.91 Å². The van der Waals surface area contributed by atoms with E-state index < -0.39 is 0 Å². The van der Waals surface area contributed by atoms with Gasteiger partial charge in [0, 0.05) is 19.1 Å². The lowest BCUT2D eigenvalue weighted by atomic mass is 9.95. The minimum absolute atomic E-state index is 0.0750. The molecule has 1 aliphatic rings. The van der Waals surface area contributed by atoms with E-state index in [4.69, 9.17) is 4.74 Å². The Morgan fingerprint density at radius 2 is 2.12 bits per heavy atom. The lowest BCUT2D eigenvalue weighted by molar-refractivity contribution is -0.128. The molecule has 0 fully saturated rings. The molecule has 0 atom stereocenters. The summed E-state index contributed by atoms with van der Waals surface area (Å²) in [6.45, 7) is 6.35. The third-order valence-corrected chi connectivity index (χ3v) is 2.45. The Kier molecular flexibility index (Phi) is 4.73. The number of nitrogens with one attached hydrogen (secondary N) is 1. The van der Waals surface area contributed by atoms with E-state index in [2.05, 4.69) is 11.0 Å². The molecule has 0 saturated heterocycles. The van der Waals surface area contributed by atoms with Crippen LogP contribution in [0.5, 0.6) is 0 Å². The lowest BCUT2D eigenvalue weighted by Gasteiger charge is -2.17. The Hall–Kier alpha value is -1.31. The standard InChI is InChI=1S/C14H20NO2/c1-14(2,3)13(16)15-10-9-11-5-7-12(17-4)8-6-11/h5,7-8H,9-10H2,1-4H3,(H,15,16). The molecular weight excluding hydrogens is 214 g/mol. The van der Waals surface area contributed by atoms with Crippen LogP contribution in [-0.2, 0) is 9.53 Å². The zero-order valence-corrected chi connectivity index (χ0v) is 11.0. The largest absolute Gasteiger partial charge is 0.366 e. The minimum atomic E-state index is -0.330. The number of allylic oxidation sites excluding steroid dienone is 1. The third-order valence-electron chi connectivity index (χ3n) is 2.45. The molecule has 1 rings (SSSR count). The van der Waals surface area contributed by atoms with Gasteiger partial charge in [0.1, 0.15) is 6.10 Å². The van der Waals surface area contributed by atoms with Gasteiger partial charge < -0.3 is 10.1 Å². The first-order chi connectivity index (χ1) is 7.93. The van der Waals surface area contributed by atoms with Crippen molar-refractivity contribution in [2.24, 2.45) is 5.41 Å². The van der Waals surface area contributed by atoms with Gasteiger partial charge in [-0.1, -0.05) is 26.8 Å². The molecule has 0 aromatic rings. The highest BCUT2D eigenvalue weighted by atomic mass is 16.5. The SMILES string of the molecule is CO[C]1C=C=C(CCNC(=O)C(C)(C)C)C=C1. The fraction of sp³-hybridized carbons (Fsp3) is 0.500. The van der Waals surface area contributed by atoms with Crippen molar-refractivity contribution in [3.05, 3.63) is 35.6 Å². The van der Waals surface area contributed by atoms with Crippen molar-refractivity contribution in [1.29, 1.82) is 0 Å². The summed E-state index contributed by atoms with van der Waals surface area (Å²) in [6.07, 6.45) is 7.25. The van der Waals surface area contributed by atoms with E-state index in [1.165, 1.54) is 0 Å². The first kappa shape index (κ1) is 13.8. The Morgan fingerprint density at radius 3 is 2.59 bits per heavy atom. The van der Waals surface area contributed by atoms with Crippen LogP contribution < -0.4 is 5.32 Å². The maximum Gasteiger partial charge on any atom is 0.225 e. The van der Waals surface area contributed by atoms with Gasteiger partial charge in [-0.15, -0.1) is 5.73 Å². The summed E-state index contributed by atoms with van der Waals surface area (Å²) in [7, 11) is 1.63. The van der Waals surface area contributed by atoms with Crippen molar-refractivity contribution in [3.8, 4) is 0 Å². The maximum absolute atomic E-state index is 11.6. The molecule has 0 aromatic carbocycles. The first-order valence-electron chi connectivity index (χ1n) is 5.76. The zero-order chi connectivity index (χ0) is 12.9. The van der Waals surface area contributed by atoms with Crippen LogP contribution in [0.25, 0.3) is 0 Å². The highest BCUT2D eigenvalue weighted by Gasteiger charge is 2.20. The molecule has 0 saturated carbocycles. The van der Waals surface area contributed by atoms with E-state index >= 15 is 0 Å². The molecule has 1 aliphatic carbocycles. The van der Waals surface area contributed by atoms with Crippen LogP contribution in [0.3, 0.4) is 0 Å². The van der Waals surface area contributed by atoms with Crippen LogP contribution >= 0.6 is 0 Å². The number of carbonyl (C=O) groups excluding carboxylic acids is 1. The van der Waals surface area contributed by atoms with E-state index in [1.807, 2.05) is 32.9 Å². The summed E-state index contributed by atoms with van der Waals surface area (Å²) in [4.78, 5) is 11.6. The topological polar surface area (TPSA) is 38.3 Å². The fourth-order valence-electron chi connectivity index (χ4n) is 1.30. The Labute approximate surface area is 103 Å². The van der Waals surface area contributed by atoms with Crippen LogP contribution in [0.2, 0.25) is 0 Å². The second kappa shape index (κ2) is 5.85. The molecule has 0 bridgehead atoms. The summed E-state index contributed by atoms with van der Waals surface area (Å²) in [6, 6.07) is 0. The van der Waals surface area contributed by atoms with Crippen LogP contribution in [0.15, 0.2) is 29.5 Å². The third kappa shape index (κ3) is 4.59. The number of hydrogen-bond acceptors (Lipinski definition) is 2. The zero-order valence-electron chi connectivity index (χ0n) is 11.0. The molecule has 17 heavy (non-hydrogen) atoms. The molecule has 0 aliphatic heterocycles. The predicted molar refractivity (Wildman–Crippen MR) is 68.1 cm³/mol. The normalized spacial score (nSPS) is 15.9. The number of amides is 1. The van der Waals surface area contributed by atoms with Crippen LogP contribution in [0, 0.1) is 11.5 Å². The number of ether oxygens (including phenoxy) is 1. The van der Waals surface area contributed by atoms with Gasteiger partial charge >= 0.3 is 0 Å². The number of methoxy groups -OCH3 is 1. The molecule has 1 radical (unpaired) electrons. The fourth-order valence-corrected chi connectivity index (χ4v) is 1.30. The van der Waals surface area contributed by atoms with Gasteiger partial charge in [-0.3, -0.25) is 4.79 Å². The van der Waals surface area contributed by atoms with E-state index in [-0.39, 0.29) is 11.3 Å². The number of carbonyl (C=O) groups is 1. The Balaban J connectivity index is 2.37. The van der Waals surface area contributed by atoms with E-state index in [0.717, 1.165) is 18.1 Å². The van der Waals surface area contributed by atoms with Crippen molar-refractivity contribution in [2.45, 2.75) is 27.2 Å². The quantitative estimate of drug-likeness (QED) is 0.758. The molecule has 1 N–H and O–H groups in total. The van der Waals surface area contributed by atoms with Gasteiger partial charge in [-0.05, 0) is 24.1 Å². The molecule has 0 heterocycles. The molecular formula is C14H20NO2. The Bertz CT molecular complexity index is 368. The van der Waals surface area contributed by atoms with E-state index in [1.54, 1.807) is 13.2 Å².